The molecule has 0 bridgehead atoms. The maximum Gasteiger partial charge on any atom is 0.244 e. The van der Waals surface area contributed by atoms with Crippen LogP contribution in [0.5, 0.6) is 0 Å². The normalized spacial score (nSPS) is 11.1. The summed E-state index contributed by atoms with van der Waals surface area (Å²) in [6, 6.07) is 0. The average molecular weight is 275 g/mol. The van der Waals surface area contributed by atoms with Crippen molar-refractivity contribution in [3.63, 3.8) is 0 Å². The Balaban J connectivity index is 1.81. The summed E-state index contributed by atoms with van der Waals surface area (Å²) in [5.41, 5.74) is 1.37. The second-order valence-electron chi connectivity index (χ2n) is 4.34. The molecule has 106 valence electrons. The minimum absolute atomic E-state index is 0.208. The maximum absolute atomic E-state index is 11.6. The Hall–Kier alpha value is -2.51. The Morgan fingerprint density at radius 3 is 2.90 bits per heavy atom. The van der Waals surface area contributed by atoms with Gasteiger partial charge in [-0.2, -0.15) is 0 Å². The molecular formula is C12H17N7O. The smallest absolute Gasteiger partial charge is 0.244 e. The van der Waals surface area contributed by atoms with Crippen molar-refractivity contribution < 1.29 is 4.79 Å². The molecule has 2 heterocycles. The van der Waals surface area contributed by atoms with E-state index in [2.05, 4.69) is 32.9 Å². The van der Waals surface area contributed by atoms with Gasteiger partial charge >= 0.3 is 0 Å². The zero-order chi connectivity index (χ0) is 14.4. The molecule has 0 aliphatic rings. The van der Waals surface area contributed by atoms with Gasteiger partial charge in [0, 0.05) is 19.7 Å². The van der Waals surface area contributed by atoms with Crippen molar-refractivity contribution in [2.75, 3.05) is 0 Å². The Bertz CT molecular complexity index is 598. The van der Waals surface area contributed by atoms with E-state index < -0.39 is 0 Å². The molecule has 0 saturated carbocycles. The van der Waals surface area contributed by atoms with Crippen molar-refractivity contribution in [2.45, 2.75) is 26.4 Å². The number of aryl methyl sites for hydroxylation is 2. The van der Waals surface area contributed by atoms with Crippen LogP contribution in [0.2, 0.25) is 0 Å². The molecule has 2 aromatic rings. The van der Waals surface area contributed by atoms with Crippen molar-refractivity contribution in [3.05, 3.63) is 29.9 Å². The monoisotopic (exact) mass is 275 g/mol. The van der Waals surface area contributed by atoms with Gasteiger partial charge < -0.3 is 5.32 Å². The Kier molecular flexibility index (Phi) is 4.59. The molecular weight excluding hydrogens is 258 g/mol. The molecule has 0 spiro atoms. The third kappa shape index (κ3) is 4.01. The highest BCUT2D eigenvalue weighted by atomic mass is 16.1. The first-order chi connectivity index (χ1) is 9.67. The second kappa shape index (κ2) is 6.60. The zero-order valence-electron chi connectivity index (χ0n) is 11.5. The first-order valence-corrected chi connectivity index (χ1v) is 6.38. The van der Waals surface area contributed by atoms with Crippen LogP contribution in [-0.2, 0) is 24.9 Å². The van der Waals surface area contributed by atoms with E-state index in [1.165, 1.54) is 6.08 Å². The fourth-order valence-corrected chi connectivity index (χ4v) is 1.60. The lowest BCUT2D eigenvalue weighted by molar-refractivity contribution is -0.116. The molecule has 0 radical (unpaired) electrons. The summed E-state index contributed by atoms with van der Waals surface area (Å²) in [6.45, 7) is 3.25. The lowest BCUT2D eigenvalue weighted by atomic mass is 10.4. The van der Waals surface area contributed by atoms with Gasteiger partial charge in [-0.05, 0) is 12.5 Å². The molecule has 0 atom stereocenters. The van der Waals surface area contributed by atoms with Gasteiger partial charge in [0.1, 0.15) is 11.4 Å². The summed E-state index contributed by atoms with van der Waals surface area (Å²) in [5, 5.41) is 18.3. The number of carbonyl (C=O) groups is 1. The van der Waals surface area contributed by atoms with E-state index in [4.69, 9.17) is 0 Å². The number of amides is 1. The molecule has 0 aliphatic carbocycles. The Morgan fingerprint density at radius 2 is 2.20 bits per heavy atom. The number of hydrogen-bond donors (Lipinski definition) is 1. The van der Waals surface area contributed by atoms with Crippen LogP contribution < -0.4 is 5.32 Å². The van der Waals surface area contributed by atoms with E-state index in [9.17, 15) is 4.79 Å². The van der Waals surface area contributed by atoms with Crippen LogP contribution in [0.4, 0.5) is 0 Å². The first-order valence-electron chi connectivity index (χ1n) is 6.38. The van der Waals surface area contributed by atoms with Crippen molar-refractivity contribution >= 4 is 12.0 Å². The van der Waals surface area contributed by atoms with E-state index in [1.807, 2.05) is 6.20 Å². The molecule has 2 rings (SSSR count). The first kappa shape index (κ1) is 13.9. The molecule has 1 amide bonds. The average Bonchev–Trinajstić information content (AvgIpc) is 3.04. The molecule has 0 saturated heterocycles. The highest BCUT2D eigenvalue weighted by molar-refractivity contribution is 5.91. The Labute approximate surface area is 116 Å². The molecule has 8 heteroatoms. The van der Waals surface area contributed by atoms with Crippen LogP contribution in [0, 0.1) is 0 Å². The summed E-state index contributed by atoms with van der Waals surface area (Å²) in [5.74, 6) is -0.208. The predicted molar refractivity (Wildman–Crippen MR) is 72.2 cm³/mol. The zero-order valence-corrected chi connectivity index (χ0v) is 11.5. The lowest BCUT2D eigenvalue weighted by Crippen LogP contribution is -2.20. The summed E-state index contributed by atoms with van der Waals surface area (Å²) in [6.07, 6.45) is 7.57. The van der Waals surface area contributed by atoms with E-state index in [1.54, 1.807) is 28.7 Å². The van der Waals surface area contributed by atoms with Crippen molar-refractivity contribution in [3.8, 4) is 0 Å². The van der Waals surface area contributed by atoms with Crippen molar-refractivity contribution in [1.29, 1.82) is 0 Å². The summed E-state index contributed by atoms with van der Waals surface area (Å²) >= 11 is 0. The van der Waals surface area contributed by atoms with Gasteiger partial charge in [-0.25, -0.2) is 0 Å². The molecule has 20 heavy (non-hydrogen) atoms. The molecule has 8 nitrogen and oxygen atoms in total. The summed E-state index contributed by atoms with van der Waals surface area (Å²) in [4.78, 5) is 11.6. The fourth-order valence-electron chi connectivity index (χ4n) is 1.60. The predicted octanol–water partition coefficient (Wildman–Crippen LogP) is 0.146. The molecule has 2 aromatic heterocycles. The lowest BCUT2D eigenvalue weighted by Gasteiger charge is -1.97. The summed E-state index contributed by atoms with van der Waals surface area (Å²) in [7, 11) is 1.77. The highest BCUT2D eigenvalue weighted by Crippen LogP contribution is 1.96. The SMILES string of the molecule is CCCn1cc(CNC(=O)/C=C/c2cn(C)nn2)nn1. The maximum atomic E-state index is 11.6. The quantitative estimate of drug-likeness (QED) is 0.758. The molecule has 0 fully saturated rings. The second-order valence-corrected chi connectivity index (χ2v) is 4.34. The van der Waals surface area contributed by atoms with Gasteiger partial charge in [-0.1, -0.05) is 17.4 Å². The van der Waals surface area contributed by atoms with Crippen LogP contribution in [0.15, 0.2) is 18.5 Å². The van der Waals surface area contributed by atoms with Crippen LogP contribution in [-0.4, -0.2) is 35.9 Å². The van der Waals surface area contributed by atoms with Crippen molar-refractivity contribution in [2.24, 2.45) is 7.05 Å². The molecule has 0 unspecified atom stereocenters. The number of nitrogens with one attached hydrogen (secondary N) is 1. The summed E-state index contributed by atoms with van der Waals surface area (Å²) < 4.78 is 3.33. The number of hydrogen-bond acceptors (Lipinski definition) is 5. The number of rotatable bonds is 6. The van der Waals surface area contributed by atoms with Gasteiger partial charge in [-0.3, -0.25) is 14.2 Å². The van der Waals surface area contributed by atoms with Gasteiger partial charge in [-0.15, -0.1) is 10.2 Å². The van der Waals surface area contributed by atoms with Gasteiger partial charge in [0.2, 0.25) is 5.91 Å². The molecule has 0 aliphatic heterocycles. The van der Waals surface area contributed by atoms with Crippen molar-refractivity contribution in [1.82, 2.24) is 35.3 Å². The number of nitrogens with zero attached hydrogens (tertiary/aromatic N) is 6. The van der Waals surface area contributed by atoms with E-state index in [0.29, 0.717) is 12.2 Å². The molecule has 1 N–H and O–H groups in total. The van der Waals surface area contributed by atoms with Crippen LogP contribution in [0.1, 0.15) is 24.7 Å². The van der Waals surface area contributed by atoms with Crippen LogP contribution >= 0.6 is 0 Å². The van der Waals surface area contributed by atoms with E-state index >= 15 is 0 Å². The minimum Gasteiger partial charge on any atom is -0.347 e. The minimum atomic E-state index is -0.208. The molecule has 0 aromatic carbocycles. The van der Waals surface area contributed by atoms with E-state index in [-0.39, 0.29) is 5.91 Å². The van der Waals surface area contributed by atoms with Gasteiger partial charge in [0.05, 0.1) is 18.9 Å². The third-order valence-corrected chi connectivity index (χ3v) is 2.51. The standard InChI is InChI=1S/C12H17N7O/c1-3-6-19-9-11(15-17-19)7-13-12(20)5-4-10-8-18(2)16-14-10/h4-5,8-9H,3,6-7H2,1-2H3,(H,13,20)/b5-4+. The highest BCUT2D eigenvalue weighted by Gasteiger charge is 2.02. The number of aromatic nitrogens is 6. The number of carbonyl (C=O) groups excluding carboxylic acids is 1. The van der Waals surface area contributed by atoms with Gasteiger partial charge in [0.25, 0.3) is 0 Å². The van der Waals surface area contributed by atoms with E-state index in [0.717, 1.165) is 18.7 Å². The Morgan fingerprint density at radius 1 is 1.35 bits per heavy atom. The van der Waals surface area contributed by atoms with Crippen LogP contribution in [0.25, 0.3) is 6.08 Å². The third-order valence-electron chi connectivity index (χ3n) is 2.51. The van der Waals surface area contributed by atoms with Gasteiger partial charge in [0.15, 0.2) is 0 Å². The van der Waals surface area contributed by atoms with Crippen LogP contribution in [0.3, 0.4) is 0 Å². The fraction of sp³-hybridized carbons (Fsp3) is 0.417. The largest absolute Gasteiger partial charge is 0.347 e. The topological polar surface area (TPSA) is 90.5 Å².